The van der Waals surface area contributed by atoms with Crippen LogP contribution < -0.4 is 10.5 Å². The molecular weight excluding hydrogens is 254 g/mol. The first-order chi connectivity index (χ1) is 9.74. The zero-order chi connectivity index (χ0) is 14.4. The number of ether oxygens (including phenoxy) is 1. The van der Waals surface area contributed by atoms with Crippen LogP contribution >= 0.6 is 0 Å². The van der Waals surface area contributed by atoms with E-state index in [0.717, 1.165) is 35.9 Å². The lowest BCUT2D eigenvalue weighted by atomic mass is 10.2. The number of hydrogen-bond acceptors (Lipinski definition) is 5. The highest BCUT2D eigenvalue weighted by molar-refractivity contribution is 5.29. The van der Waals surface area contributed by atoms with E-state index < -0.39 is 0 Å². The maximum absolute atomic E-state index is 5.83. The standard InChI is InChI=1S/C14H21N5O/c1-3-8-19-14(16-10-17-19)9-20-13-5-4-11(2)18-12(13)6-7-15/h4-5,10H,3,6-9,15H2,1-2H3. The molecule has 108 valence electrons. The summed E-state index contributed by atoms with van der Waals surface area (Å²) in [5, 5.41) is 4.18. The van der Waals surface area contributed by atoms with Crippen molar-refractivity contribution in [1.29, 1.82) is 0 Å². The van der Waals surface area contributed by atoms with Gasteiger partial charge in [0.25, 0.3) is 0 Å². The normalized spacial score (nSPS) is 10.8. The molecule has 2 N–H and O–H groups in total. The van der Waals surface area contributed by atoms with E-state index in [2.05, 4.69) is 22.0 Å². The van der Waals surface area contributed by atoms with E-state index in [-0.39, 0.29) is 0 Å². The third kappa shape index (κ3) is 3.54. The zero-order valence-corrected chi connectivity index (χ0v) is 12.0. The zero-order valence-electron chi connectivity index (χ0n) is 12.0. The molecule has 0 aliphatic rings. The molecule has 0 saturated heterocycles. The predicted molar refractivity (Wildman–Crippen MR) is 76.4 cm³/mol. The van der Waals surface area contributed by atoms with Crippen molar-refractivity contribution in [2.75, 3.05) is 6.54 Å². The topological polar surface area (TPSA) is 78.8 Å². The van der Waals surface area contributed by atoms with Crippen LogP contribution in [0.15, 0.2) is 18.5 Å². The van der Waals surface area contributed by atoms with Crippen molar-refractivity contribution in [2.24, 2.45) is 5.73 Å². The molecule has 0 radical (unpaired) electrons. The Balaban J connectivity index is 2.08. The highest BCUT2D eigenvalue weighted by Crippen LogP contribution is 2.18. The Hall–Kier alpha value is -1.95. The quantitative estimate of drug-likeness (QED) is 0.828. The van der Waals surface area contributed by atoms with Gasteiger partial charge in [-0.05, 0) is 32.0 Å². The van der Waals surface area contributed by atoms with Crippen LogP contribution in [0, 0.1) is 6.92 Å². The van der Waals surface area contributed by atoms with E-state index in [1.165, 1.54) is 0 Å². The van der Waals surface area contributed by atoms with Crippen molar-refractivity contribution in [2.45, 2.75) is 39.8 Å². The molecule has 2 rings (SSSR count). The number of nitrogens with two attached hydrogens (primary N) is 1. The van der Waals surface area contributed by atoms with Gasteiger partial charge in [-0.1, -0.05) is 6.92 Å². The number of pyridine rings is 1. The Labute approximate surface area is 119 Å². The molecular formula is C14H21N5O. The molecule has 0 spiro atoms. The molecule has 0 aliphatic carbocycles. The van der Waals surface area contributed by atoms with Crippen molar-refractivity contribution >= 4 is 0 Å². The van der Waals surface area contributed by atoms with Crippen LogP contribution in [0.3, 0.4) is 0 Å². The molecule has 0 saturated carbocycles. The molecule has 0 bridgehead atoms. The lowest BCUT2D eigenvalue weighted by molar-refractivity contribution is 0.281. The van der Waals surface area contributed by atoms with E-state index >= 15 is 0 Å². The van der Waals surface area contributed by atoms with Crippen LogP contribution in [0.1, 0.15) is 30.6 Å². The maximum Gasteiger partial charge on any atom is 0.164 e. The molecule has 2 aromatic rings. The SMILES string of the molecule is CCCn1ncnc1COc1ccc(C)nc1CCN. The Morgan fingerprint density at radius 3 is 2.95 bits per heavy atom. The smallest absolute Gasteiger partial charge is 0.164 e. The summed E-state index contributed by atoms with van der Waals surface area (Å²) in [5.74, 6) is 1.60. The van der Waals surface area contributed by atoms with Crippen molar-refractivity contribution in [3.8, 4) is 5.75 Å². The van der Waals surface area contributed by atoms with Crippen LogP contribution in [-0.4, -0.2) is 26.3 Å². The van der Waals surface area contributed by atoms with Crippen LogP contribution in [0.4, 0.5) is 0 Å². The Kier molecular flexibility index (Phi) is 5.06. The van der Waals surface area contributed by atoms with Gasteiger partial charge >= 0.3 is 0 Å². The maximum atomic E-state index is 5.83. The monoisotopic (exact) mass is 275 g/mol. The molecule has 2 heterocycles. The summed E-state index contributed by atoms with van der Waals surface area (Å²) in [5.41, 5.74) is 7.48. The van der Waals surface area contributed by atoms with Crippen molar-refractivity contribution in [3.63, 3.8) is 0 Å². The third-order valence-electron chi connectivity index (χ3n) is 2.94. The minimum absolute atomic E-state index is 0.391. The minimum Gasteiger partial charge on any atom is -0.484 e. The van der Waals surface area contributed by atoms with Crippen molar-refractivity contribution in [3.05, 3.63) is 35.7 Å². The summed E-state index contributed by atoms with van der Waals surface area (Å²) in [7, 11) is 0. The van der Waals surface area contributed by atoms with Gasteiger partial charge in [-0.3, -0.25) is 4.98 Å². The molecule has 6 heteroatoms. The highest BCUT2D eigenvalue weighted by Gasteiger charge is 2.08. The second-order valence-electron chi connectivity index (χ2n) is 4.62. The van der Waals surface area contributed by atoms with Crippen LogP contribution in [0.2, 0.25) is 0 Å². The van der Waals surface area contributed by atoms with Gasteiger partial charge in [0.05, 0.1) is 5.69 Å². The fourth-order valence-electron chi connectivity index (χ4n) is 1.99. The molecule has 0 fully saturated rings. The van der Waals surface area contributed by atoms with Crippen molar-refractivity contribution < 1.29 is 4.74 Å². The summed E-state index contributed by atoms with van der Waals surface area (Å²) < 4.78 is 7.70. The largest absolute Gasteiger partial charge is 0.484 e. The fraction of sp³-hybridized carbons (Fsp3) is 0.500. The van der Waals surface area contributed by atoms with Gasteiger partial charge in [-0.2, -0.15) is 5.10 Å². The molecule has 6 nitrogen and oxygen atoms in total. The first-order valence-corrected chi connectivity index (χ1v) is 6.90. The van der Waals surface area contributed by atoms with Gasteiger partial charge in [0, 0.05) is 18.7 Å². The molecule has 0 unspecified atom stereocenters. The molecule has 0 atom stereocenters. The summed E-state index contributed by atoms with van der Waals surface area (Å²) in [4.78, 5) is 8.70. The van der Waals surface area contributed by atoms with Crippen LogP contribution in [0.25, 0.3) is 0 Å². The lowest BCUT2D eigenvalue weighted by Gasteiger charge is -2.11. The highest BCUT2D eigenvalue weighted by atomic mass is 16.5. The van der Waals surface area contributed by atoms with E-state index in [1.54, 1.807) is 6.33 Å². The van der Waals surface area contributed by atoms with Gasteiger partial charge in [0.2, 0.25) is 0 Å². The molecule has 20 heavy (non-hydrogen) atoms. The number of rotatable bonds is 7. The van der Waals surface area contributed by atoms with Crippen LogP contribution in [-0.2, 0) is 19.6 Å². The van der Waals surface area contributed by atoms with Crippen LogP contribution in [0.5, 0.6) is 5.75 Å². The molecule has 2 aromatic heterocycles. The second kappa shape index (κ2) is 7.00. The first kappa shape index (κ1) is 14.5. The summed E-state index contributed by atoms with van der Waals surface area (Å²) in [6.07, 6.45) is 3.28. The summed E-state index contributed by atoms with van der Waals surface area (Å²) in [6, 6.07) is 3.87. The molecule has 0 amide bonds. The van der Waals surface area contributed by atoms with Gasteiger partial charge in [-0.15, -0.1) is 0 Å². The second-order valence-corrected chi connectivity index (χ2v) is 4.62. The number of aryl methyl sites for hydroxylation is 2. The predicted octanol–water partition coefficient (Wildman–Crippen LogP) is 1.47. The summed E-state index contributed by atoms with van der Waals surface area (Å²) in [6.45, 7) is 5.86. The summed E-state index contributed by atoms with van der Waals surface area (Å²) >= 11 is 0. The number of aromatic nitrogens is 4. The van der Waals surface area contributed by atoms with Gasteiger partial charge in [-0.25, -0.2) is 9.67 Å². The van der Waals surface area contributed by atoms with Crippen molar-refractivity contribution in [1.82, 2.24) is 19.7 Å². The Morgan fingerprint density at radius 2 is 2.20 bits per heavy atom. The van der Waals surface area contributed by atoms with Gasteiger partial charge < -0.3 is 10.5 Å². The van der Waals surface area contributed by atoms with E-state index in [0.29, 0.717) is 19.6 Å². The Bertz CT molecular complexity index is 552. The fourth-order valence-corrected chi connectivity index (χ4v) is 1.99. The van der Waals surface area contributed by atoms with E-state index in [9.17, 15) is 0 Å². The lowest BCUT2D eigenvalue weighted by Crippen LogP contribution is -2.11. The van der Waals surface area contributed by atoms with E-state index in [4.69, 9.17) is 10.5 Å². The molecule has 0 aromatic carbocycles. The van der Waals surface area contributed by atoms with Gasteiger partial charge in [0.1, 0.15) is 18.7 Å². The molecule has 0 aliphatic heterocycles. The first-order valence-electron chi connectivity index (χ1n) is 6.90. The van der Waals surface area contributed by atoms with Gasteiger partial charge in [0.15, 0.2) is 5.82 Å². The van der Waals surface area contributed by atoms with E-state index in [1.807, 2.05) is 23.7 Å². The minimum atomic E-state index is 0.391. The third-order valence-corrected chi connectivity index (χ3v) is 2.94. The number of hydrogen-bond donors (Lipinski definition) is 1. The average Bonchev–Trinajstić information content (AvgIpc) is 2.86. The Morgan fingerprint density at radius 1 is 1.35 bits per heavy atom. The average molecular weight is 275 g/mol. The number of nitrogens with zero attached hydrogens (tertiary/aromatic N) is 4.